The Bertz CT molecular complexity index is 554. The topological polar surface area (TPSA) is 55.9 Å². The van der Waals surface area contributed by atoms with Gasteiger partial charge in [-0.1, -0.05) is 19.0 Å². The van der Waals surface area contributed by atoms with Crippen LogP contribution in [0.15, 0.2) is 10.6 Å². The number of aryl methyl sites for hydroxylation is 2. The molecule has 19 heavy (non-hydrogen) atoms. The van der Waals surface area contributed by atoms with E-state index in [1.54, 1.807) is 0 Å². The van der Waals surface area contributed by atoms with Gasteiger partial charge in [-0.25, -0.2) is 0 Å². The van der Waals surface area contributed by atoms with Gasteiger partial charge in [-0.05, 0) is 20.8 Å². The molecule has 5 nitrogen and oxygen atoms in total. The van der Waals surface area contributed by atoms with Gasteiger partial charge in [-0.15, -0.1) is 0 Å². The number of aromatic nitrogens is 3. The van der Waals surface area contributed by atoms with Crippen molar-refractivity contribution in [1.29, 1.82) is 0 Å². The van der Waals surface area contributed by atoms with Crippen molar-refractivity contribution in [3.05, 3.63) is 34.5 Å². The Hall–Kier alpha value is -1.62. The van der Waals surface area contributed by atoms with E-state index in [1.807, 2.05) is 17.7 Å². The van der Waals surface area contributed by atoms with Crippen LogP contribution in [0, 0.1) is 20.8 Å². The van der Waals surface area contributed by atoms with Crippen molar-refractivity contribution >= 4 is 0 Å². The van der Waals surface area contributed by atoms with Gasteiger partial charge in [0.05, 0.1) is 12.2 Å². The van der Waals surface area contributed by atoms with Crippen molar-refractivity contribution in [2.75, 3.05) is 0 Å². The van der Waals surface area contributed by atoms with Crippen molar-refractivity contribution < 1.29 is 4.52 Å². The Morgan fingerprint density at radius 3 is 2.63 bits per heavy atom. The van der Waals surface area contributed by atoms with Gasteiger partial charge >= 0.3 is 0 Å². The quantitative estimate of drug-likeness (QED) is 0.898. The maximum Gasteiger partial charge on any atom is 0.133 e. The van der Waals surface area contributed by atoms with Crippen LogP contribution in [0.1, 0.15) is 42.3 Å². The van der Waals surface area contributed by atoms with Gasteiger partial charge in [0.2, 0.25) is 0 Å². The number of hydrogen-bond acceptors (Lipinski definition) is 4. The molecular formula is C14H22N4O. The van der Waals surface area contributed by atoms with E-state index in [9.17, 15) is 0 Å². The molecule has 2 heterocycles. The zero-order chi connectivity index (χ0) is 14.0. The van der Waals surface area contributed by atoms with Crippen LogP contribution in [0.2, 0.25) is 0 Å². The molecular weight excluding hydrogens is 240 g/mol. The van der Waals surface area contributed by atoms with Gasteiger partial charge in [-0.2, -0.15) is 5.10 Å². The highest BCUT2D eigenvalue weighted by Crippen LogP contribution is 2.15. The summed E-state index contributed by atoms with van der Waals surface area (Å²) in [5.74, 6) is 0.832. The van der Waals surface area contributed by atoms with Crippen molar-refractivity contribution in [3.63, 3.8) is 0 Å². The third-order valence-electron chi connectivity index (χ3n) is 3.21. The maximum atomic E-state index is 5.09. The molecule has 0 spiro atoms. The molecule has 0 aromatic carbocycles. The Labute approximate surface area is 114 Å². The van der Waals surface area contributed by atoms with Gasteiger partial charge in [-0.3, -0.25) is 4.68 Å². The van der Waals surface area contributed by atoms with Crippen LogP contribution in [-0.2, 0) is 13.1 Å². The first-order valence-corrected chi connectivity index (χ1v) is 6.66. The summed E-state index contributed by atoms with van der Waals surface area (Å²) in [6.45, 7) is 11.9. The number of nitrogens with one attached hydrogen (secondary N) is 1. The smallest absolute Gasteiger partial charge is 0.133 e. The largest absolute Gasteiger partial charge is 0.361 e. The van der Waals surface area contributed by atoms with Gasteiger partial charge < -0.3 is 9.84 Å². The highest BCUT2D eigenvalue weighted by Gasteiger charge is 2.13. The number of nitrogens with zero attached hydrogens (tertiary/aromatic N) is 3. The minimum Gasteiger partial charge on any atom is -0.361 e. The molecule has 104 valence electrons. The monoisotopic (exact) mass is 262 g/mol. The fraction of sp³-hybridized carbons (Fsp3) is 0.571. The highest BCUT2D eigenvalue weighted by molar-refractivity contribution is 5.25. The van der Waals surface area contributed by atoms with E-state index < -0.39 is 0 Å². The standard InChI is InChI=1S/C14H22N4O/c1-9(2)15-7-14-11(4)16-18(12(14)5)8-13-6-10(3)19-17-13/h6,9,15H,7-8H2,1-5H3. The summed E-state index contributed by atoms with van der Waals surface area (Å²) in [6, 6.07) is 2.42. The Morgan fingerprint density at radius 1 is 1.32 bits per heavy atom. The molecule has 0 aliphatic rings. The van der Waals surface area contributed by atoms with Crippen molar-refractivity contribution in [2.45, 2.75) is 53.8 Å². The van der Waals surface area contributed by atoms with E-state index in [1.165, 1.54) is 11.3 Å². The lowest BCUT2D eigenvalue weighted by Gasteiger charge is -2.08. The molecule has 2 aromatic rings. The van der Waals surface area contributed by atoms with Crippen LogP contribution in [0.4, 0.5) is 0 Å². The van der Waals surface area contributed by atoms with Gasteiger partial charge in [0.1, 0.15) is 11.5 Å². The first kappa shape index (κ1) is 13.8. The summed E-state index contributed by atoms with van der Waals surface area (Å²) in [5.41, 5.74) is 4.44. The lowest BCUT2D eigenvalue weighted by atomic mass is 10.2. The third-order valence-corrected chi connectivity index (χ3v) is 3.21. The molecule has 0 amide bonds. The SMILES string of the molecule is Cc1cc(Cn2nc(C)c(CNC(C)C)c2C)no1. The van der Waals surface area contributed by atoms with Crippen LogP contribution < -0.4 is 5.32 Å². The molecule has 0 atom stereocenters. The second kappa shape index (κ2) is 5.57. The second-order valence-electron chi connectivity index (χ2n) is 5.27. The minimum absolute atomic E-state index is 0.473. The molecule has 0 saturated carbocycles. The van der Waals surface area contributed by atoms with E-state index in [-0.39, 0.29) is 0 Å². The summed E-state index contributed by atoms with van der Waals surface area (Å²) >= 11 is 0. The van der Waals surface area contributed by atoms with Gasteiger partial charge in [0, 0.05) is 29.9 Å². The van der Waals surface area contributed by atoms with Crippen LogP contribution in [0.3, 0.4) is 0 Å². The zero-order valence-corrected chi connectivity index (χ0v) is 12.3. The first-order chi connectivity index (χ1) is 8.97. The van der Waals surface area contributed by atoms with Crippen LogP contribution >= 0.6 is 0 Å². The molecule has 2 aromatic heterocycles. The predicted octanol–water partition coefficient (Wildman–Crippen LogP) is 2.34. The fourth-order valence-corrected chi connectivity index (χ4v) is 2.10. The summed E-state index contributed by atoms with van der Waals surface area (Å²) in [4.78, 5) is 0. The van der Waals surface area contributed by atoms with Crippen molar-refractivity contribution in [2.24, 2.45) is 0 Å². The Balaban J connectivity index is 2.16. The van der Waals surface area contributed by atoms with Crippen LogP contribution in [-0.4, -0.2) is 21.0 Å². The first-order valence-electron chi connectivity index (χ1n) is 6.66. The van der Waals surface area contributed by atoms with Gasteiger partial charge in [0.25, 0.3) is 0 Å². The lowest BCUT2D eigenvalue weighted by molar-refractivity contribution is 0.387. The van der Waals surface area contributed by atoms with E-state index in [0.717, 1.165) is 23.7 Å². The van der Waals surface area contributed by atoms with E-state index in [0.29, 0.717) is 12.6 Å². The van der Waals surface area contributed by atoms with E-state index in [4.69, 9.17) is 4.52 Å². The molecule has 2 rings (SSSR count). The van der Waals surface area contributed by atoms with Gasteiger partial charge in [0.15, 0.2) is 0 Å². The molecule has 0 unspecified atom stereocenters. The highest BCUT2D eigenvalue weighted by atomic mass is 16.5. The number of hydrogen-bond donors (Lipinski definition) is 1. The Kier molecular flexibility index (Phi) is 4.04. The molecule has 0 saturated heterocycles. The molecule has 5 heteroatoms. The van der Waals surface area contributed by atoms with Crippen LogP contribution in [0.25, 0.3) is 0 Å². The molecule has 0 radical (unpaired) electrons. The normalized spacial score (nSPS) is 11.5. The molecule has 0 bridgehead atoms. The summed E-state index contributed by atoms with van der Waals surface area (Å²) in [5, 5.41) is 12.0. The summed E-state index contributed by atoms with van der Waals surface area (Å²) in [6.07, 6.45) is 0. The van der Waals surface area contributed by atoms with E-state index in [2.05, 4.69) is 43.3 Å². The predicted molar refractivity (Wildman–Crippen MR) is 74.0 cm³/mol. The van der Waals surface area contributed by atoms with Crippen LogP contribution in [0.5, 0.6) is 0 Å². The maximum absolute atomic E-state index is 5.09. The zero-order valence-electron chi connectivity index (χ0n) is 12.3. The summed E-state index contributed by atoms with van der Waals surface area (Å²) in [7, 11) is 0. The summed E-state index contributed by atoms with van der Waals surface area (Å²) < 4.78 is 7.08. The molecule has 0 fully saturated rings. The fourth-order valence-electron chi connectivity index (χ4n) is 2.10. The average Bonchev–Trinajstić information content (AvgIpc) is 2.83. The molecule has 0 aliphatic carbocycles. The molecule has 1 N–H and O–H groups in total. The molecule has 0 aliphatic heterocycles. The van der Waals surface area contributed by atoms with Crippen molar-refractivity contribution in [1.82, 2.24) is 20.3 Å². The number of rotatable bonds is 5. The van der Waals surface area contributed by atoms with Crippen molar-refractivity contribution in [3.8, 4) is 0 Å². The van der Waals surface area contributed by atoms with E-state index >= 15 is 0 Å². The Morgan fingerprint density at radius 2 is 2.05 bits per heavy atom. The minimum atomic E-state index is 0.473. The second-order valence-corrected chi connectivity index (χ2v) is 5.27. The average molecular weight is 262 g/mol. The third kappa shape index (κ3) is 3.23. The lowest BCUT2D eigenvalue weighted by Crippen LogP contribution is -2.22.